The summed E-state index contributed by atoms with van der Waals surface area (Å²) in [6, 6.07) is 13.4. The molecule has 0 saturated heterocycles. The second-order valence-corrected chi connectivity index (χ2v) is 10.8. The number of aliphatic carboxylic acids is 1. The molecule has 2 heterocycles. The summed E-state index contributed by atoms with van der Waals surface area (Å²) in [5.41, 5.74) is 4.53. The number of carboxylic acid groups (broad SMARTS) is 1. The summed E-state index contributed by atoms with van der Waals surface area (Å²) in [4.78, 5) is 43.9. The molecule has 1 unspecified atom stereocenters. The molecule has 2 amide bonds. The number of anilines is 1. The fraction of sp³-hybridized carbons (Fsp3) is 0.467. The number of hydrogen-bond donors (Lipinski definition) is 2. The zero-order valence-electron chi connectivity index (χ0n) is 22.7. The number of nitrogens with zero attached hydrogens (tertiary/aromatic N) is 3. The van der Waals surface area contributed by atoms with Crippen LogP contribution in [-0.2, 0) is 27.2 Å². The Bertz CT molecular complexity index is 1390. The zero-order chi connectivity index (χ0) is 27.7. The molecular formula is C30H36N4O5. The lowest BCUT2D eigenvalue weighted by molar-refractivity contribution is -0.143. The van der Waals surface area contributed by atoms with Crippen molar-refractivity contribution in [3.63, 3.8) is 0 Å². The minimum atomic E-state index is -0.770. The normalized spacial score (nSPS) is 21.7. The van der Waals surface area contributed by atoms with Crippen molar-refractivity contribution in [2.75, 3.05) is 12.0 Å². The number of aryl methyl sites for hydroxylation is 1. The Hall–Kier alpha value is -3.88. The average Bonchev–Trinajstić information content (AvgIpc) is 3.32. The molecule has 9 nitrogen and oxygen atoms in total. The van der Waals surface area contributed by atoms with Gasteiger partial charge < -0.3 is 19.7 Å². The second kappa shape index (κ2) is 11.1. The number of carbonyl (C=O) groups is 3. The highest BCUT2D eigenvalue weighted by Gasteiger charge is 2.35. The third-order valence-electron chi connectivity index (χ3n) is 8.19. The van der Waals surface area contributed by atoms with Crippen molar-refractivity contribution >= 4 is 34.7 Å². The Labute approximate surface area is 228 Å². The van der Waals surface area contributed by atoms with Gasteiger partial charge in [0.05, 0.1) is 35.8 Å². The van der Waals surface area contributed by atoms with E-state index in [1.54, 1.807) is 4.90 Å². The molecule has 9 heteroatoms. The number of imidazole rings is 1. The summed E-state index contributed by atoms with van der Waals surface area (Å²) >= 11 is 0. The molecule has 206 valence electrons. The molecule has 0 radical (unpaired) electrons. The van der Waals surface area contributed by atoms with Gasteiger partial charge in [0.2, 0.25) is 5.91 Å². The summed E-state index contributed by atoms with van der Waals surface area (Å²) in [5.74, 6) is -0.629. The SMILES string of the molecule is COC(=O)N1c2ccc3c(nc([C@@H](Cc4ccccc4)NC(C)=O)n3[C@@H]3CCC[C@@H](C(=O)O)C3)c2CCC1C. The standard InChI is InChI=1S/C30H36N4O5/c1-18-12-13-23-25(33(18)30(38)39-3)14-15-26-27(23)32-28(34(26)22-11-7-10-21(17-22)29(36)37)24(31-19(2)35)16-20-8-5-4-6-9-20/h4-6,8-9,14-15,18,21-22,24H,7,10-13,16-17H2,1-3H3,(H,31,35)(H,36,37)/t18?,21-,22-,24-/m1/s1. The lowest BCUT2D eigenvalue weighted by Gasteiger charge is -2.34. The summed E-state index contributed by atoms with van der Waals surface area (Å²) in [5, 5.41) is 12.9. The highest BCUT2D eigenvalue weighted by Crippen LogP contribution is 2.41. The van der Waals surface area contributed by atoms with Gasteiger partial charge in [0, 0.05) is 24.6 Å². The number of methoxy groups -OCH3 is 1. The van der Waals surface area contributed by atoms with Gasteiger partial charge in [0.1, 0.15) is 5.82 Å². The van der Waals surface area contributed by atoms with Crippen molar-refractivity contribution < 1.29 is 24.2 Å². The molecule has 1 aliphatic heterocycles. The van der Waals surface area contributed by atoms with Crippen LogP contribution in [0.5, 0.6) is 0 Å². The van der Waals surface area contributed by atoms with E-state index in [0.29, 0.717) is 19.3 Å². The molecular weight excluding hydrogens is 496 g/mol. The smallest absolute Gasteiger partial charge is 0.414 e. The number of benzene rings is 2. The average molecular weight is 533 g/mol. The molecule has 1 saturated carbocycles. The summed E-state index contributed by atoms with van der Waals surface area (Å²) in [7, 11) is 1.39. The Morgan fingerprint density at radius 2 is 1.90 bits per heavy atom. The number of ether oxygens (including phenoxy) is 1. The number of aromatic nitrogens is 2. The molecule has 2 aromatic carbocycles. The number of carbonyl (C=O) groups excluding carboxylic acids is 2. The van der Waals surface area contributed by atoms with Gasteiger partial charge in [-0.3, -0.25) is 14.5 Å². The van der Waals surface area contributed by atoms with Crippen molar-refractivity contribution in [2.24, 2.45) is 5.92 Å². The maximum absolute atomic E-state index is 12.7. The van der Waals surface area contributed by atoms with Gasteiger partial charge in [-0.25, -0.2) is 9.78 Å². The van der Waals surface area contributed by atoms with Crippen LogP contribution >= 0.6 is 0 Å². The highest BCUT2D eigenvalue weighted by molar-refractivity contribution is 5.95. The first-order valence-electron chi connectivity index (χ1n) is 13.7. The number of carboxylic acids is 1. The number of hydrogen-bond acceptors (Lipinski definition) is 5. The molecule has 2 N–H and O–H groups in total. The number of fused-ring (bicyclic) bond motifs is 3. The Morgan fingerprint density at radius 3 is 2.59 bits per heavy atom. The first kappa shape index (κ1) is 26.7. The van der Waals surface area contributed by atoms with Gasteiger partial charge >= 0.3 is 12.1 Å². The van der Waals surface area contributed by atoms with E-state index in [1.807, 2.05) is 49.4 Å². The predicted molar refractivity (Wildman–Crippen MR) is 148 cm³/mol. The van der Waals surface area contributed by atoms with Gasteiger partial charge in [-0.05, 0) is 63.1 Å². The summed E-state index contributed by atoms with van der Waals surface area (Å²) in [6.45, 7) is 3.51. The highest BCUT2D eigenvalue weighted by atomic mass is 16.5. The number of nitrogens with one attached hydrogen (secondary N) is 1. The minimum Gasteiger partial charge on any atom is -0.481 e. The van der Waals surface area contributed by atoms with Gasteiger partial charge in [-0.1, -0.05) is 36.8 Å². The first-order chi connectivity index (χ1) is 18.8. The number of amides is 2. The van der Waals surface area contributed by atoms with Gasteiger partial charge in [0.25, 0.3) is 0 Å². The molecule has 39 heavy (non-hydrogen) atoms. The van der Waals surface area contributed by atoms with Crippen LogP contribution in [0, 0.1) is 5.92 Å². The van der Waals surface area contributed by atoms with Crippen molar-refractivity contribution in [3.05, 3.63) is 59.4 Å². The molecule has 1 aromatic heterocycles. The van der Waals surface area contributed by atoms with Crippen molar-refractivity contribution in [1.82, 2.24) is 14.9 Å². The Kier molecular flexibility index (Phi) is 7.59. The fourth-order valence-electron chi connectivity index (χ4n) is 6.35. The minimum absolute atomic E-state index is 0.0103. The van der Waals surface area contributed by atoms with Crippen LogP contribution in [0.15, 0.2) is 42.5 Å². The molecule has 3 aromatic rings. The Balaban J connectivity index is 1.69. The zero-order valence-corrected chi connectivity index (χ0v) is 22.7. The lowest BCUT2D eigenvalue weighted by Crippen LogP contribution is -2.42. The molecule has 0 bridgehead atoms. The molecule has 5 rings (SSSR count). The van der Waals surface area contributed by atoms with E-state index >= 15 is 0 Å². The van der Waals surface area contributed by atoms with Crippen molar-refractivity contribution in [1.29, 1.82) is 0 Å². The van der Waals surface area contributed by atoms with E-state index in [4.69, 9.17) is 9.72 Å². The monoisotopic (exact) mass is 532 g/mol. The fourth-order valence-corrected chi connectivity index (χ4v) is 6.35. The second-order valence-electron chi connectivity index (χ2n) is 10.8. The van der Waals surface area contributed by atoms with Gasteiger partial charge in [-0.15, -0.1) is 0 Å². The quantitative estimate of drug-likeness (QED) is 0.452. The maximum Gasteiger partial charge on any atom is 0.414 e. The molecule has 2 aliphatic rings. The van der Waals surface area contributed by atoms with Gasteiger partial charge in [0.15, 0.2) is 0 Å². The van der Waals surface area contributed by atoms with E-state index in [-0.39, 0.29) is 18.0 Å². The van der Waals surface area contributed by atoms with Crippen LogP contribution in [0.4, 0.5) is 10.5 Å². The van der Waals surface area contributed by atoms with E-state index in [1.165, 1.54) is 14.0 Å². The first-order valence-corrected chi connectivity index (χ1v) is 13.7. The van der Waals surface area contributed by atoms with Crippen LogP contribution in [-0.4, -0.2) is 45.8 Å². The van der Waals surface area contributed by atoms with Crippen LogP contribution < -0.4 is 10.2 Å². The van der Waals surface area contributed by atoms with E-state index < -0.39 is 24.0 Å². The summed E-state index contributed by atoms with van der Waals surface area (Å²) in [6.07, 6.45) is 4.48. The lowest BCUT2D eigenvalue weighted by atomic mass is 9.85. The van der Waals surface area contributed by atoms with E-state index in [9.17, 15) is 19.5 Å². The van der Waals surface area contributed by atoms with Crippen LogP contribution in [0.3, 0.4) is 0 Å². The molecule has 4 atom stereocenters. The van der Waals surface area contributed by atoms with Crippen molar-refractivity contribution in [3.8, 4) is 0 Å². The molecule has 1 aliphatic carbocycles. The van der Waals surface area contributed by atoms with Crippen LogP contribution in [0.1, 0.15) is 75.0 Å². The largest absolute Gasteiger partial charge is 0.481 e. The third-order valence-corrected chi connectivity index (χ3v) is 8.19. The van der Waals surface area contributed by atoms with Crippen LogP contribution in [0.25, 0.3) is 11.0 Å². The van der Waals surface area contributed by atoms with Gasteiger partial charge in [-0.2, -0.15) is 0 Å². The predicted octanol–water partition coefficient (Wildman–Crippen LogP) is 5.18. The number of rotatable bonds is 6. The maximum atomic E-state index is 12.7. The molecule has 1 fully saturated rings. The topological polar surface area (TPSA) is 114 Å². The molecule has 0 spiro atoms. The Morgan fingerprint density at radius 1 is 1.13 bits per heavy atom. The third kappa shape index (κ3) is 5.22. The van der Waals surface area contributed by atoms with E-state index in [2.05, 4.69) is 9.88 Å². The van der Waals surface area contributed by atoms with Crippen molar-refractivity contribution in [2.45, 2.75) is 76.9 Å². The summed E-state index contributed by atoms with van der Waals surface area (Å²) < 4.78 is 7.27. The van der Waals surface area contributed by atoms with E-state index in [0.717, 1.165) is 59.4 Å². The van der Waals surface area contributed by atoms with Crippen LogP contribution in [0.2, 0.25) is 0 Å².